The summed E-state index contributed by atoms with van der Waals surface area (Å²) in [6, 6.07) is 6.21. The highest BCUT2D eigenvalue weighted by atomic mass is 35.5. The number of amides is 1. The second kappa shape index (κ2) is 7.64. The van der Waals surface area contributed by atoms with Gasteiger partial charge in [-0.05, 0) is 55.9 Å². The number of halogens is 1. The van der Waals surface area contributed by atoms with Crippen molar-refractivity contribution in [2.75, 3.05) is 26.2 Å². The minimum Gasteiger partial charge on any atom is -0.342 e. The summed E-state index contributed by atoms with van der Waals surface area (Å²) >= 11 is 5.85. The molecular weight excluding hydrogens is 360 g/mol. The van der Waals surface area contributed by atoms with Gasteiger partial charge in [0.1, 0.15) is 0 Å². The predicted octanol–water partition coefficient (Wildman–Crippen LogP) is 3.00. The Bertz CT molecular complexity index is 720. The fourth-order valence-electron chi connectivity index (χ4n) is 3.77. The summed E-state index contributed by atoms with van der Waals surface area (Å²) in [4.78, 5) is 15.0. The molecule has 1 amide bonds. The number of carbonyl (C=O) groups excluding carboxylic acids is 1. The Morgan fingerprint density at radius 3 is 2.44 bits per heavy atom. The summed E-state index contributed by atoms with van der Waals surface area (Å²) in [5, 5.41) is 0.505. The second-order valence-electron chi connectivity index (χ2n) is 7.19. The van der Waals surface area contributed by atoms with Gasteiger partial charge in [-0.15, -0.1) is 0 Å². The van der Waals surface area contributed by atoms with Crippen LogP contribution in [0, 0.1) is 11.8 Å². The van der Waals surface area contributed by atoms with Crippen LogP contribution in [0.4, 0.5) is 0 Å². The maximum absolute atomic E-state index is 12.9. The number of hydrogen-bond donors (Lipinski definition) is 0. The van der Waals surface area contributed by atoms with Crippen molar-refractivity contribution in [1.82, 2.24) is 9.21 Å². The second-order valence-corrected chi connectivity index (χ2v) is 9.56. The van der Waals surface area contributed by atoms with Gasteiger partial charge < -0.3 is 4.90 Å². The van der Waals surface area contributed by atoms with Crippen molar-refractivity contribution < 1.29 is 13.2 Å². The minimum absolute atomic E-state index is 0.113. The number of rotatable bonds is 3. The Morgan fingerprint density at radius 1 is 1.08 bits per heavy atom. The van der Waals surface area contributed by atoms with Gasteiger partial charge in [-0.1, -0.05) is 18.5 Å². The molecule has 0 aliphatic carbocycles. The standard InChI is InChI=1S/C18H25ClN2O3S/c1-14-4-2-10-20(12-14)18(22)15-5-3-11-21(13-15)25(23,24)17-8-6-16(19)7-9-17/h6-9,14-15H,2-5,10-13H2,1H3/t14-,15+/m0/s1. The van der Waals surface area contributed by atoms with E-state index in [1.165, 1.54) is 16.4 Å². The van der Waals surface area contributed by atoms with E-state index in [1.807, 2.05) is 4.90 Å². The molecule has 2 fully saturated rings. The summed E-state index contributed by atoms with van der Waals surface area (Å²) in [5.41, 5.74) is 0. The van der Waals surface area contributed by atoms with Crippen LogP contribution >= 0.6 is 11.6 Å². The van der Waals surface area contributed by atoms with Crippen LogP contribution in [0.15, 0.2) is 29.2 Å². The molecule has 0 bridgehead atoms. The van der Waals surface area contributed by atoms with Gasteiger partial charge >= 0.3 is 0 Å². The van der Waals surface area contributed by atoms with Crippen LogP contribution in [0.2, 0.25) is 5.02 Å². The lowest BCUT2D eigenvalue weighted by atomic mass is 9.94. The third-order valence-electron chi connectivity index (χ3n) is 5.15. The number of likely N-dealkylation sites (tertiary alicyclic amines) is 1. The molecule has 5 nitrogen and oxygen atoms in total. The fraction of sp³-hybridized carbons (Fsp3) is 0.611. The number of sulfonamides is 1. The van der Waals surface area contributed by atoms with Crippen LogP contribution in [-0.4, -0.2) is 49.7 Å². The third-order valence-corrected chi connectivity index (χ3v) is 7.28. The molecule has 0 radical (unpaired) electrons. The monoisotopic (exact) mass is 384 g/mol. The first-order valence-electron chi connectivity index (χ1n) is 8.92. The van der Waals surface area contributed by atoms with E-state index < -0.39 is 10.0 Å². The molecule has 2 aliphatic rings. The maximum atomic E-state index is 12.9. The summed E-state index contributed by atoms with van der Waals surface area (Å²) in [5.74, 6) is 0.402. The first-order valence-corrected chi connectivity index (χ1v) is 10.7. The summed E-state index contributed by atoms with van der Waals surface area (Å²) in [6.45, 7) is 4.49. The van der Waals surface area contributed by atoms with E-state index in [4.69, 9.17) is 11.6 Å². The summed E-state index contributed by atoms with van der Waals surface area (Å²) in [7, 11) is -3.58. The first kappa shape index (κ1) is 18.7. The van der Waals surface area contributed by atoms with Crippen LogP contribution in [0.3, 0.4) is 0 Å². The Hall–Kier alpha value is -1.11. The van der Waals surface area contributed by atoms with Gasteiger partial charge in [0, 0.05) is 31.2 Å². The fourth-order valence-corrected chi connectivity index (χ4v) is 5.42. The van der Waals surface area contributed by atoms with Crippen molar-refractivity contribution in [1.29, 1.82) is 0 Å². The minimum atomic E-state index is -3.58. The lowest BCUT2D eigenvalue weighted by Gasteiger charge is -2.37. The molecule has 2 atom stereocenters. The highest BCUT2D eigenvalue weighted by molar-refractivity contribution is 7.89. The average molecular weight is 385 g/mol. The van der Waals surface area contributed by atoms with Gasteiger partial charge in [-0.25, -0.2) is 8.42 Å². The molecule has 0 saturated carbocycles. The number of benzene rings is 1. The van der Waals surface area contributed by atoms with E-state index in [0.29, 0.717) is 23.9 Å². The summed E-state index contributed by atoms with van der Waals surface area (Å²) < 4.78 is 27.2. The van der Waals surface area contributed by atoms with Gasteiger partial charge in [-0.3, -0.25) is 4.79 Å². The zero-order valence-corrected chi connectivity index (χ0v) is 16.1. The van der Waals surface area contributed by atoms with E-state index in [9.17, 15) is 13.2 Å². The summed E-state index contributed by atoms with van der Waals surface area (Å²) in [6.07, 6.45) is 3.67. The highest BCUT2D eigenvalue weighted by Gasteiger charge is 2.35. The van der Waals surface area contributed by atoms with Gasteiger partial charge in [-0.2, -0.15) is 4.31 Å². The molecule has 0 aromatic heterocycles. The zero-order valence-electron chi connectivity index (χ0n) is 14.5. The van der Waals surface area contributed by atoms with E-state index in [0.717, 1.165) is 32.4 Å². The normalized spacial score (nSPS) is 25.8. The number of hydrogen-bond acceptors (Lipinski definition) is 3. The van der Waals surface area contributed by atoms with Crippen LogP contribution < -0.4 is 0 Å². The van der Waals surface area contributed by atoms with Gasteiger partial charge in [0.15, 0.2) is 0 Å². The molecule has 0 unspecified atom stereocenters. The van der Waals surface area contributed by atoms with Crippen molar-refractivity contribution in [3.8, 4) is 0 Å². The number of carbonyl (C=O) groups is 1. The average Bonchev–Trinajstić information content (AvgIpc) is 2.61. The Morgan fingerprint density at radius 2 is 1.76 bits per heavy atom. The molecular formula is C18H25ClN2O3S. The molecule has 0 N–H and O–H groups in total. The number of nitrogens with zero attached hydrogens (tertiary/aromatic N) is 2. The Labute approximate surface area is 155 Å². The largest absolute Gasteiger partial charge is 0.342 e. The molecule has 0 spiro atoms. The van der Waals surface area contributed by atoms with Crippen molar-refractivity contribution >= 4 is 27.5 Å². The van der Waals surface area contributed by atoms with Crippen molar-refractivity contribution in [3.63, 3.8) is 0 Å². The Balaban J connectivity index is 1.72. The quantitative estimate of drug-likeness (QED) is 0.804. The lowest BCUT2D eigenvalue weighted by molar-refractivity contribution is -0.138. The van der Waals surface area contributed by atoms with Crippen LogP contribution in [0.1, 0.15) is 32.6 Å². The molecule has 2 heterocycles. The SMILES string of the molecule is C[C@H]1CCCN(C(=O)[C@@H]2CCCN(S(=O)(=O)c3ccc(Cl)cc3)C2)C1. The molecule has 25 heavy (non-hydrogen) atoms. The van der Waals surface area contributed by atoms with Crippen molar-refractivity contribution in [3.05, 3.63) is 29.3 Å². The van der Waals surface area contributed by atoms with E-state index in [2.05, 4.69) is 6.92 Å². The van der Waals surface area contributed by atoms with Crippen molar-refractivity contribution in [2.24, 2.45) is 11.8 Å². The molecule has 1 aromatic carbocycles. The molecule has 2 aliphatic heterocycles. The third kappa shape index (κ3) is 4.18. The zero-order chi connectivity index (χ0) is 18.0. The van der Waals surface area contributed by atoms with E-state index in [1.54, 1.807) is 12.1 Å². The van der Waals surface area contributed by atoms with Crippen LogP contribution in [-0.2, 0) is 14.8 Å². The molecule has 2 saturated heterocycles. The maximum Gasteiger partial charge on any atom is 0.243 e. The lowest BCUT2D eigenvalue weighted by Crippen LogP contribution is -2.48. The van der Waals surface area contributed by atoms with E-state index >= 15 is 0 Å². The highest BCUT2D eigenvalue weighted by Crippen LogP contribution is 2.27. The van der Waals surface area contributed by atoms with Crippen LogP contribution in [0.5, 0.6) is 0 Å². The van der Waals surface area contributed by atoms with Crippen LogP contribution in [0.25, 0.3) is 0 Å². The molecule has 1 aromatic rings. The molecule has 7 heteroatoms. The topological polar surface area (TPSA) is 57.7 Å². The van der Waals surface area contributed by atoms with Gasteiger partial charge in [0.2, 0.25) is 15.9 Å². The smallest absolute Gasteiger partial charge is 0.243 e. The van der Waals surface area contributed by atoms with Crippen molar-refractivity contribution in [2.45, 2.75) is 37.5 Å². The van der Waals surface area contributed by atoms with E-state index in [-0.39, 0.29) is 23.3 Å². The molecule has 3 rings (SSSR count). The first-order chi connectivity index (χ1) is 11.9. The predicted molar refractivity (Wildman–Crippen MR) is 97.9 cm³/mol. The number of piperidine rings is 2. The molecule has 138 valence electrons. The van der Waals surface area contributed by atoms with Gasteiger partial charge in [0.05, 0.1) is 10.8 Å². The Kier molecular flexibility index (Phi) is 5.71. The van der Waals surface area contributed by atoms with Gasteiger partial charge in [0.25, 0.3) is 0 Å².